The number of thioether (sulfide) groups is 1. The molecule has 16 heavy (non-hydrogen) atoms. The van der Waals surface area contributed by atoms with Crippen LogP contribution >= 0.6 is 24.0 Å². The summed E-state index contributed by atoms with van der Waals surface area (Å²) < 4.78 is 1.74. The summed E-state index contributed by atoms with van der Waals surface area (Å²) in [7, 11) is 0. The lowest BCUT2D eigenvalue weighted by Gasteiger charge is -2.10. The summed E-state index contributed by atoms with van der Waals surface area (Å²) >= 11 is 6.63. The monoisotopic (exact) mass is 256 g/mol. The van der Waals surface area contributed by atoms with Crippen LogP contribution in [0.5, 0.6) is 0 Å². The van der Waals surface area contributed by atoms with Crippen molar-refractivity contribution in [3.8, 4) is 0 Å². The third-order valence-corrected chi connectivity index (χ3v) is 3.30. The average Bonchev–Trinajstić information content (AvgIpc) is 2.22. The normalized spacial score (nSPS) is 10.4. The second-order valence-electron chi connectivity index (χ2n) is 3.56. The van der Waals surface area contributed by atoms with Crippen LogP contribution in [0.3, 0.4) is 0 Å². The van der Waals surface area contributed by atoms with Gasteiger partial charge in [-0.3, -0.25) is 4.79 Å². The zero-order valence-electron chi connectivity index (χ0n) is 9.53. The summed E-state index contributed by atoms with van der Waals surface area (Å²) in [6.45, 7) is 2.64. The molecule has 0 bridgehead atoms. The summed E-state index contributed by atoms with van der Waals surface area (Å²) in [6, 6.07) is 3.58. The maximum atomic E-state index is 12.0. The van der Waals surface area contributed by atoms with Crippen molar-refractivity contribution in [2.75, 3.05) is 12.0 Å². The third-order valence-electron chi connectivity index (χ3n) is 2.39. The van der Waals surface area contributed by atoms with E-state index in [1.54, 1.807) is 22.4 Å². The second-order valence-corrected chi connectivity index (χ2v) is 4.98. The number of nitrogens with two attached hydrogens (primary N) is 1. The number of hydrogen-bond acceptors (Lipinski definition) is 3. The van der Waals surface area contributed by atoms with Crippen LogP contribution in [-0.4, -0.2) is 21.6 Å². The fraction of sp³-hybridized carbons (Fsp3) is 0.455. The fourth-order valence-corrected chi connectivity index (χ4v) is 2.08. The van der Waals surface area contributed by atoms with Gasteiger partial charge in [-0.2, -0.15) is 11.8 Å². The first-order valence-electron chi connectivity index (χ1n) is 5.07. The van der Waals surface area contributed by atoms with Gasteiger partial charge >= 0.3 is 0 Å². The molecule has 0 saturated carbocycles. The number of nitrogens with zero attached hydrogens (tertiary/aromatic N) is 1. The van der Waals surface area contributed by atoms with Crippen molar-refractivity contribution in [1.29, 1.82) is 0 Å². The highest BCUT2D eigenvalue weighted by molar-refractivity contribution is 7.98. The number of pyridine rings is 1. The molecule has 0 aliphatic heterocycles. The summed E-state index contributed by atoms with van der Waals surface area (Å²) in [6.07, 6.45) is 3.03. The van der Waals surface area contributed by atoms with Crippen LogP contribution in [-0.2, 0) is 6.54 Å². The van der Waals surface area contributed by atoms with Crippen molar-refractivity contribution in [3.05, 3.63) is 33.7 Å². The molecule has 1 aromatic heterocycles. The fourth-order valence-electron chi connectivity index (χ4n) is 1.50. The Hall–Kier alpha value is -0.810. The molecule has 0 aliphatic rings. The number of thiocarbonyl (C=S) groups is 1. The van der Waals surface area contributed by atoms with Crippen LogP contribution in [0.4, 0.5) is 0 Å². The van der Waals surface area contributed by atoms with Gasteiger partial charge in [0.25, 0.3) is 5.56 Å². The van der Waals surface area contributed by atoms with E-state index in [-0.39, 0.29) is 10.5 Å². The van der Waals surface area contributed by atoms with Crippen molar-refractivity contribution in [1.82, 2.24) is 4.57 Å². The van der Waals surface area contributed by atoms with Crippen LogP contribution in [0, 0.1) is 6.92 Å². The molecule has 0 spiro atoms. The average molecular weight is 256 g/mol. The van der Waals surface area contributed by atoms with Crippen molar-refractivity contribution < 1.29 is 0 Å². The van der Waals surface area contributed by atoms with E-state index in [0.29, 0.717) is 5.56 Å². The Morgan fingerprint density at radius 3 is 2.81 bits per heavy atom. The molecule has 1 heterocycles. The van der Waals surface area contributed by atoms with E-state index in [9.17, 15) is 4.79 Å². The Bertz CT molecular complexity index is 440. The molecule has 3 nitrogen and oxygen atoms in total. The lowest BCUT2D eigenvalue weighted by molar-refractivity contribution is 0.639. The Morgan fingerprint density at radius 1 is 1.56 bits per heavy atom. The van der Waals surface area contributed by atoms with E-state index in [1.807, 2.05) is 13.0 Å². The minimum atomic E-state index is -0.0754. The van der Waals surface area contributed by atoms with E-state index < -0.39 is 0 Å². The van der Waals surface area contributed by atoms with Crippen LogP contribution in [0.25, 0.3) is 0 Å². The third kappa shape index (κ3) is 3.09. The highest BCUT2D eigenvalue weighted by Crippen LogP contribution is 2.02. The van der Waals surface area contributed by atoms with Gasteiger partial charge in [0.1, 0.15) is 4.99 Å². The van der Waals surface area contributed by atoms with Crippen LogP contribution in [0.1, 0.15) is 17.7 Å². The number of rotatable bonds is 5. The van der Waals surface area contributed by atoms with Gasteiger partial charge in [0.2, 0.25) is 0 Å². The molecule has 0 saturated heterocycles. The van der Waals surface area contributed by atoms with Gasteiger partial charge in [0.15, 0.2) is 0 Å². The predicted octanol–water partition coefficient (Wildman–Crippen LogP) is 1.54. The molecule has 0 aliphatic carbocycles. The number of aromatic nitrogens is 1. The smallest absolute Gasteiger partial charge is 0.260 e. The van der Waals surface area contributed by atoms with Crippen LogP contribution < -0.4 is 11.3 Å². The van der Waals surface area contributed by atoms with Crippen LogP contribution in [0.2, 0.25) is 0 Å². The molecule has 2 N–H and O–H groups in total. The highest BCUT2D eigenvalue weighted by Gasteiger charge is 2.07. The van der Waals surface area contributed by atoms with Gasteiger partial charge < -0.3 is 10.3 Å². The molecule has 5 heteroatoms. The maximum absolute atomic E-state index is 12.0. The number of hydrogen-bond donors (Lipinski definition) is 1. The molecular weight excluding hydrogens is 240 g/mol. The topological polar surface area (TPSA) is 48.0 Å². The van der Waals surface area contributed by atoms with E-state index >= 15 is 0 Å². The van der Waals surface area contributed by atoms with Crippen molar-refractivity contribution in [3.63, 3.8) is 0 Å². The molecule has 0 aromatic carbocycles. The molecule has 0 fully saturated rings. The van der Waals surface area contributed by atoms with E-state index in [2.05, 4.69) is 6.26 Å². The molecule has 0 unspecified atom stereocenters. The van der Waals surface area contributed by atoms with Gasteiger partial charge in [-0.1, -0.05) is 12.2 Å². The van der Waals surface area contributed by atoms with Gasteiger partial charge in [0.05, 0.1) is 5.56 Å². The van der Waals surface area contributed by atoms with Crippen molar-refractivity contribution >= 4 is 29.0 Å². The first-order chi connectivity index (χ1) is 7.57. The van der Waals surface area contributed by atoms with Crippen molar-refractivity contribution in [2.24, 2.45) is 5.73 Å². The van der Waals surface area contributed by atoms with Crippen LogP contribution in [0.15, 0.2) is 16.9 Å². The van der Waals surface area contributed by atoms with E-state index in [1.165, 1.54) is 0 Å². The largest absolute Gasteiger partial charge is 0.389 e. The summed E-state index contributed by atoms with van der Waals surface area (Å²) in [5.74, 6) is 1.04. The molecule has 0 amide bonds. The lowest BCUT2D eigenvalue weighted by atomic mass is 10.2. The minimum Gasteiger partial charge on any atom is -0.389 e. The number of aryl methyl sites for hydroxylation is 1. The quantitative estimate of drug-likeness (QED) is 0.641. The highest BCUT2D eigenvalue weighted by atomic mass is 32.2. The van der Waals surface area contributed by atoms with Gasteiger partial charge in [0, 0.05) is 12.2 Å². The van der Waals surface area contributed by atoms with E-state index in [0.717, 1.165) is 24.4 Å². The van der Waals surface area contributed by atoms with Gasteiger partial charge in [-0.25, -0.2) is 0 Å². The van der Waals surface area contributed by atoms with Gasteiger partial charge in [-0.05, 0) is 37.5 Å². The first-order valence-corrected chi connectivity index (χ1v) is 6.87. The SMILES string of the molecule is CSCCCn1c(C)ccc(C(N)=S)c1=O. The molecule has 1 aromatic rings. The molecule has 88 valence electrons. The Morgan fingerprint density at radius 2 is 2.25 bits per heavy atom. The summed E-state index contributed by atoms with van der Waals surface area (Å²) in [5, 5.41) is 0. The summed E-state index contributed by atoms with van der Waals surface area (Å²) in [5.41, 5.74) is 6.81. The first kappa shape index (κ1) is 13.3. The predicted molar refractivity (Wildman–Crippen MR) is 74.3 cm³/mol. The van der Waals surface area contributed by atoms with Crippen molar-refractivity contribution in [2.45, 2.75) is 19.9 Å². The zero-order chi connectivity index (χ0) is 12.1. The Balaban J connectivity index is 3.02. The molecular formula is C11H16N2OS2. The molecule has 1 rings (SSSR count). The molecule has 0 radical (unpaired) electrons. The minimum absolute atomic E-state index is 0.0754. The zero-order valence-corrected chi connectivity index (χ0v) is 11.2. The maximum Gasteiger partial charge on any atom is 0.260 e. The van der Waals surface area contributed by atoms with Gasteiger partial charge in [-0.15, -0.1) is 0 Å². The van der Waals surface area contributed by atoms with E-state index in [4.69, 9.17) is 18.0 Å². The lowest BCUT2D eigenvalue weighted by Crippen LogP contribution is -2.30. The second kappa shape index (κ2) is 6.06. The Kier molecular flexibility index (Phi) is 5.02. The molecule has 0 atom stereocenters. The Labute approximate surface area is 105 Å². The summed E-state index contributed by atoms with van der Waals surface area (Å²) in [4.78, 5) is 12.2. The standard InChI is InChI=1S/C11H16N2OS2/c1-8-4-5-9(10(12)15)11(14)13(8)6-3-7-16-2/h4-5H,3,6-7H2,1-2H3,(H2,12,15).